The molecule has 3 N–H and O–H groups in total. The van der Waals surface area contributed by atoms with Crippen LogP contribution in [0.25, 0.3) is 0 Å². The Bertz CT molecular complexity index is 303. The van der Waals surface area contributed by atoms with Gasteiger partial charge in [-0.2, -0.15) is 0 Å². The standard InChI is InChI=1S/C12H20O6/c13-6-7(14)9-8(15)10-11(16-9)18-12(17-10)4-2-1-3-5-12/h7-11,13-15H,1-6H2. The number of rotatable bonds is 2. The van der Waals surface area contributed by atoms with E-state index in [1.165, 1.54) is 6.42 Å². The van der Waals surface area contributed by atoms with Gasteiger partial charge in [0.2, 0.25) is 0 Å². The van der Waals surface area contributed by atoms with Gasteiger partial charge in [0.25, 0.3) is 0 Å². The summed E-state index contributed by atoms with van der Waals surface area (Å²) in [6, 6.07) is 0. The summed E-state index contributed by atoms with van der Waals surface area (Å²) in [6.45, 7) is -0.452. The quantitative estimate of drug-likeness (QED) is 0.620. The predicted molar refractivity (Wildman–Crippen MR) is 59.5 cm³/mol. The Kier molecular flexibility index (Phi) is 3.34. The van der Waals surface area contributed by atoms with Crippen LogP contribution < -0.4 is 0 Å². The van der Waals surface area contributed by atoms with Gasteiger partial charge >= 0.3 is 0 Å². The van der Waals surface area contributed by atoms with E-state index < -0.39 is 43.1 Å². The average molecular weight is 260 g/mol. The molecule has 1 aliphatic carbocycles. The van der Waals surface area contributed by atoms with E-state index in [0.717, 1.165) is 25.7 Å². The number of hydrogen-bond donors (Lipinski definition) is 3. The summed E-state index contributed by atoms with van der Waals surface area (Å²) in [4.78, 5) is 0. The Morgan fingerprint density at radius 3 is 2.50 bits per heavy atom. The minimum Gasteiger partial charge on any atom is -0.394 e. The van der Waals surface area contributed by atoms with E-state index in [2.05, 4.69) is 0 Å². The fourth-order valence-electron chi connectivity index (χ4n) is 3.12. The van der Waals surface area contributed by atoms with Crippen LogP contribution in [-0.4, -0.2) is 58.4 Å². The molecule has 0 aromatic rings. The fraction of sp³-hybridized carbons (Fsp3) is 1.00. The van der Waals surface area contributed by atoms with Crippen molar-refractivity contribution >= 4 is 0 Å². The molecule has 1 spiro atoms. The minimum atomic E-state index is -1.11. The molecular weight excluding hydrogens is 240 g/mol. The summed E-state index contributed by atoms with van der Waals surface area (Å²) in [5.41, 5.74) is 0. The zero-order valence-corrected chi connectivity index (χ0v) is 10.2. The third-order valence-electron chi connectivity index (χ3n) is 4.10. The molecule has 2 heterocycles. The van der Waals surface area contributed by atoms with Gasteiger partial charge in [-0.1, -0.05) is 6.42 Å². The lowest BCUT2D eigenvalue weighted by molar-refractivity contribution is -0.254. The summed E-state index contributed by atoms with van der Waals surface area (Å²) >= 11 is 0. The van der Waals surface area contributed by atoms with E-state index >= 15 is 0 Å². The number of aliphatic hydroxyl groups excluding tert-OH is 3. The summed E-state index contributed by atoms with van der Waals surface area (Å²) in [5.74, 6) is -0.607. The van der Waals surface area contributed by atoms with Crippen molar-refractivity contribution < 1.29 is 29.5 Å². The first kappa shape index (κ1) is 12.8. The normalized spacial score (nSPS) is 44.2. The molecule has 3 aliphatic rings. The summed E-state index contributed by atoms with van der Waals surface area (Å²) < 4.78 is 17.1. The van der Waals surface area contributed by atoms with Gasteiger partial charge in [-0.25, -0.2) is 0 Å². The van der Waals surface area contributed by atoms with Crippen molar-refractivity contribution in [2.75, 3.05) is 6.61 Å². The van der Waals surface area contributed by atoms with Crippen molar-refractivity contribution in [1.82, 2.24) is 0 Å². The van der Waals surface area contributed by atoms with Crippen molar-refractivity contribution in [3.8, 4) is 0 Å². The Hall–Kier alpha value is -0.240. The second kappa shape index (κ2) is 4.70. The van der Waals surface area contributed by atoms with Crippen molar-refractivity contribution in [1.29, 1.82) is 0 Å². The Labute approximate surface area is 105 Å². The maximum atomic E-state index is 10.1. The van der Waals surface area contributed by atoms with Gasteiger partial charge in [-0.15, -0.1) is 0 Å². The molecule has 0 radical (unpaired) electrons. The highest BCUT2D eigenvalue weighted by molar-refractivity contribution is 4.97. The lowest BCUT2D eigenvalue weighted by Gasteiger charge is -2.33. The van der Waals surface area contributed by atoms with Crippen LogP contribution in [0.4, 0.5) is 0 Å². The Balaban J connectivity index is 1.68. The molecule has 0 aromatic heterocycles. The van der Waals surface area contributed by atoms with Crippen LogP contribution in [-0.2, 0) is 14.2 Å². The number of fused-ring (bicyclic) bond motifs is 1. The zero-order valence-electron chi connectivity index (χ0n) is 10.2. The maximum Gasteiger partial charge on any atom is 0.190 e. The van der Waals surface area contributed by atoms with Crippen molar-refractivity contribution in [3.63, 3.8) is 0 Å². The van der Waals surface area contributed by atoms with E-state index in [-0.39, 0.29) is 0 Å². The van der Waals surface area contributed by atoms with Gasteiger partial charge in [0.05, 0.1) is 6.61 Å². The molecule has 2 aliphatic heterocycles. The minimum absolute atomic E-state index is 0.452. The van der Waals surface area contributed by atoms with Crippen LogP contribution in [0.3, 0.4) is 0 Å². The zero-order chi connectivity index (χ0) is 12.8. The molecule has 0 aromatic carbocycles. The number of ether oxygens (including phenoxy) is 3. The third-order valence-corrected chi connectivity index (χ3v) is 4.10. The van der Waals surface area contributed by atoms with Crippen molar-refractivity contribution in [2.24, 2.45) is 0 Å². The van der Waals surface area contributed by atoms with Crippen LogP contribution >= 0.6 is 0 Å². The maximum absolute atomic E-state index is 10.1. The second-order valence-electron chi connectivity index (χ2n) is 5.38. The van der Waals surface area contributed by atoms with Gasteiger partial charge in [-0.3, -0.25) is 0 Å². The highest BCUT2D eigenvalue weighted by Crippen LogP contribution is 2.45. The van der Waals surface area contributed by atoms with Crippen LogP contribution in [0, 0.1) is 0 Å². The molecule has 5 unspecified atom stereocenters. The van der Waals surface area contributed by atoms with Gasteiger partial charge in [0, 0.05) is 12.8 Å². The van der Waals surface area contributed by atoms with E-state index in [4.69, 9.17) is 19.3 Å². The first-order valence-electron chi connectivity index (χ1n) is 6.63. The largest absolute Gasteiger partial charge is 0.394 e. The highest BCUT2D eigenvalue weighted by atomic mass is 16.8. The topological polar surface area (TPSA) is 88.4 Å². The highest BCUT2D eigenvalue weighted by Gasteiger charge is 2.58. The molecule has 3 fully saturated rings. The Morgan fingerprint density at radius 1 is 1.17 bits per heavy atom. The summed E-state index contributed by atoms with van der Waals surface area (Å²) in [6.07, 6.45) is 0.824. The van der Waals surface area contributed by atoms with Crippen LogP contribution in [0.15, 0.2) is 0 Å². The van der Waals surface area contributed by atoms with E-state index in [9.17, 15) is 10.2 Å². The lowest BCUT2D eigenvalue weighted by atomic mass is 9.94. The van der Waals surface area contributed by atoms with Crippen LogP contribution in [0.2, 0.25) is 0 Å². The fourth-order valence-corrected chi connectivity index (χ4v) is 3.12. The number of aliphatic hydroxyl groups is 3. The molecule has 6 heteroatoms. The first-order valence-corrected chi connectivity index (χ1v) is 6.63. The smallest absolute Gasteiger partial charge is 0.190 e. The average Bonchev–Trinajstić information content (AvgIpc) is 2.86. The molecule has 3 rings (SSSR count). The summed E-state index contributed by atoms with van der Waals surface area (Å²) in [7, 11) is 0. The van der Waals surface area contributed by atoms with Gasteiger partial charge in [-0.05, 0) is 12.8 Å². The third kappa shape index (κ3) is 1.97. The molecule has 1 saturated carbocycles. The van der Waals surface area contributed by atoms with Crippen molar-refractivity contribution in [3.05, 3.63) is 0 Å². The molecule has 6 nitrogen and oxygen atoms in total. The molecule has 2 saturated heterocycles. The van der Waals surface area contributed by atoms with Gasteiger partial charge in [0.15, 0.2) is 12.1 Å². The monoisotopic (exact) mass is 260 g/mol. The SMILES string of the molecule is OCC(O)C1OC2OC3(CCCCC3)OC2C1O. The van der Waals surface area contributed by atoms with Crippen LogP contribution in [0.5, 0.6) is 0 Å². The van der Waals surface area contributed by atoms with Crippen LogP contribution in [0.1, 0.15) is 32.1 Å². The van der Waals surface area contributed by atoms with E-state index in [1.807, 2.05) is 0 Å². The van der Waals surface area contributed by atoms with E-state index in [0.29, 0.717) is 0 Å². The summed E-state index contributed by atoms with van der Waals surface area (Å²) in [5, 5.41) is 28.5. The predicted octanol–water partition coefficient (Wildman–Crippen LogP) is -0.499. The second-order valence-corrected chi connectivity index (χ2v) is 5.38. The van der Waals surface area contributed by atoms with Crippen molar-refractivity contribution in [2.45, 2.75) is 68.6 Å². The molecule has 0 bridgehead atoms. The van der Waals surface area contributed by atoms with E-state index in [1.54, 1.807) is 0 Å². The molecule has 18 heavy (non-hydrogen) atoms. The molecule has 104 valence electrons. The first-order chi connectivity index (χ1) is 8.65. The van der Waals surface area contributed by atoms with Gasteiger partial charge < -0.3 is 29.5 Å². The molecular formula is C12H20O6. The lowest BCUT2D eigenvalue weighted by Crippen LogP contribution is -2.43. The van der Waals surface area contributed by atoms with Gasteiger partial charge in [0.1, 0.15) is 24.4 Å². The Morgan fingerprint density at radius 2 is 1.89 bits per heavy atom. The number of hydrogen-bond acceptors (Lipinski definition) is 6. The molecule has 5 atom stereocenters. The molecule has 0 amide bonds.